The first-order valence-corrected chi connectivity index (χ1v) is 7.83. The van der Waals surface area contributed by atoms with E-state index in [9.17, 15) is 4.79 Å². The van der Waals surface area contributed by atoms with Crippen LogP contribution in [0.1, 0.15) is 24.5 Å². The third-order valence-corrected chi connectivity index (χ3v) is 4.06. The number of nitrogens with one attached hydrogen (secondary N) is 1. The van der Waals surface area contributed by atoms with Gasteiger partial charge in [0, 0.05) is 18.5 Å². The predicted molar refractivity (Wildman–Crippen MR) is 91.9 cm³/mol. The molecule has 1 aliphatic rings. The molecular weight excluding hydrogens is 304 g/mol. The Labute approximate surface area is 141 Å². The van der Waals surface area contributed by atoms with Gasteiger partial charge in [-0.25, -0.2) is 0 Å². The van der Waals surface area contributed by atoms with Crippen molar-refractivity contribution in [3.63, 3.8) is 0 Å². The molecule has 0 unspecified atom stereocenters. The van der Waals surface area contributed by atoms with Crippen molar-refractivity contribution in [2.75, 3.05) is 7.11 Å². The van der Waals surface area contributed by atoms with Crippen LogP contribution in [0.15, 0.2) is 59.8 Å². The largest absolute Gasteiger partial charge is 0.496 e. The Bertz CT molecular complexity index is 758. The van der Waals surface area contributed by atoms with Gasteiger partial charge in [0.05, 0.1) is 12.8 Å². The molecule has 0 spiro atoms. The van der Waals surface area contributed by atoms with E-state index in [1.54, 1.807) is 14.0 Å². The first kappa shape index (κ1) is 16.1. The molecule has 5 heteroatoms. The number of methoxy groups -OCH3 is 1. The molecule has 0 radical (unpaired) electrons. The molecule has 5 nitrogen and oxygen atoms in total. The van der Waals surface area contributed by atoms with E-state index < -0.39 is 5.60 Å². The van der Waals surface area contributed by atoms with E-state index in [1.807, 2.05) is 54.6 Å². The van der Waals surface area contributed by atoms with Gasteiger partial charge in [0.15, 0.2) is 0 Å². The summed E-state index contributed by atoms with van der Waals surface area (Å²) in [7, 11) is 1.61. The molecule has 124 valence electrons. The summed E-state index contributed by atoms with van der Waals surface area (Å²) in [6, 6.07) is 17.3. The summed E-state index contributed by atoms with van der Waals surface area (Å²) in [6.07, 6.45) is 0.397. The van der Waals surface area contributed by atoms with Crippen molar-refractivity contribution in [2.24, 2.45) is 5.16 Å². The highest BCUT2D eigenvalue weighted by atomic mass is 16.7. The van der Waals surface area contributed by atoms with Gasteiger partial charge in [-0.1, -0.05) is 47.6 Å². The summed E-state index contributed by atoms with van der Waals surface area (Å²) in [4.78, 5) is 18.0. The van der Waals surface area contributed by atoms with E-state index in [-0.39, 0.29) is 5.91 Å². The Morgan fingerprint density at radius 1 is 1.21 bits per heavy atom. The molecule has 0 saturated heterocycles. The van der Waals surface area contributed by atoms with Crippen molar-refractivity contribution in [1.82, 2.24) is 5.32 Å². The molecule has 1 atom stereocenters. The number of benzene rings is 2. The van der Waals surface area contributed by atoms with Gasteiger partial charge in [-0.2, -0.15) is 0 Å². The van der Waals surface area contributed by atoms with E-state index in [2.05, 4.69) is 10.5 Å². The lowest BCUT2D eigenvalue weighted by Gasteiger charge is -2.20. The Morgan fingerprint density at radius 2 is 1.92 bits per heavy atom. The summed E-state index contributed by atoms with van der Waals surface area (Å²) >= 11 is 0. The zero-order valence-corrected chi connectivity index (χ0v) is 13.8. The molecule has 0 aromatic heterocycles. The number of oxime groups is 1. The Hall–Kier alpha value is -2.82. The van der Waals surface area contributed by atoms with Gasteiger partial charge in [-0.3, -0.25) is 4.79 Å². The van der Waals surface area contributed by atoms with E-state index in [0.29, 0.717) is 24.4 Å². The Balaban J connectivity index is 1.67. The van der Waals surface area contributed by atoms with Gasteiger partial charge in [-0.15, -0.1) is 0 Å². The highest BCUT2D eigenvalue weighted by Gasteiger charge is 2.42. The van der Waals surface area contributed by atoms with Crippen molar-refractivity contribution in [3.05, 3.63) is 65.7 Å². The molecule has 1 amide bonds. The molecule has 2 aromatic carbocycles. The highest BCUT2D eigenvalue weighted by molar-refractivity contribution is 6.07. The van der Waals surface area contributed by atoms with Gasteiger partial charge in [0.1, 0.15) is 5.75 Å². The smallest absolute Gasteiger partial charge is 0.267 e. The van der Waals surface area contributed by atoms with Crippen LogP contribution in [0.3, 0.4) is 0 Å². The number of hydrogen-bond acceptors (Lipinski definition) is 4. The summed E-state index contributed by atoms with van der Waals surface area (Å²) in [5.41, 5.74) is 1.59. The fraction of sp³-hybridized carbons (Fsp3) is 0.263. The van der Waals surface area contributed by atoms with E-state index >= 15 is 0 Å². The van der Waals surface area contributed by atoms with Gasteiger partial charge in [-0.05, 0) is 24.6 Å². The summed E-state index contributed by atoms with van der Waals surface area (Å²) in [5.74, 6) is 0.536. The first-order valence-electron chi connectivity index (χ1n) is 7.83. The molecular formula is C19H20N2O3. The van der Waals surface area contributed by atoms with E-state index in [0.717, 1.165) is 11.1 Å². The predicted octanol–water partition coefficient (Wildman–Crippen LogP) is 2.89. The van der Waals surface area contributed by atoms with Crippen molar-refractivity contribution >= 4 is 11.6 Å². The highest BCUT2D eigenvalue weighted by Crippen LogP contribution is 2.30. The van der Waals surface area contributed by atoms with Crippen LogP contribution in [-0.2, 0) is 16.2 Å². The van der Waals surface area contributed by atoms with Crippen LogP contribution < -0.4 is 10.1 Å². The molecule has 3 rings (SSSR count). The Kier molecular flexibility index (Phi) is 4.51. The van der Waals surface area contributed by atoms with E-state index in [4.69, 9.17) is 9.57 Å². The minimum absolute atomic E-state index is 0.181. The number of ether oxygens (including phenoxy) is 1. The number of hydrogen-bond donors (Lipinski definition) is 1. The SMILES string of the molecule is COc1ccccc1C1=NO[C@](C)(C(=O)NCc2ccccc2)C1. The summed E-state index contributed by atoms with van der Waals surface area (Å²) in [5, 5.41) is 7.03. The molecule has 24 heavy (non-hydrogen) atoms. The fourth-order valence-electron chi connectivity index (χ4n) is 2.65. The van der Waals surface area contributed by atoms with Crippen molar-refractivity contribution in [1.29, 1.82) is 0 Å². The van der Waals surface area contributed by atoms with Crippen LogP contribution in [0.5, 0.6) is 5.75 Å². The van der Waals surface area contributed by atoms with Crippen LogP contribution in [0.4, 0.5) is 0 Å². The summed E-state index contributed by atoms with van der Waals surface area (Å²) < 4.78 is 5.35. The minimum Gasteiger partial charge on any atom is -0.496 e. The molecule has 1 heterocycles. The molecule has 2 aromatic rings. The lowest BCUT2D eigenvalue weighted by Crippen LogP contribution is -2.44. The van der Waals surface area contributed by atoms with Crippen LogP contribution in [0, 0.1) is 0 Å². The fourth-order valence-corrected chi connectivity index (χ4v) is 2.65. The monoisotopic (exact) mass is 324 g/mol. The first-order chi connectivity index (χ1) is 11.6. The molecule has 1 aliphatic heterocycles. The second kappa shape index (κ2) is 6.74. The molecule has 0 saturated carbocycles. The van der Waals surface area contributed by atoms with Crippen LogP contribution in [0.25, 0.3) is 0 Å². The van der Waals surface area contributed by atoms with Crippen molar-refractivity contribution in [3.8, 4) is 5.75 Å². The maximum absolute atomic E-state index is 12.5. The maximum atomic E-state index is 12.5. The normalized spacial score (nSPS) is 19.3. The van der Waals surface area contributed by atoms with Crippen LogP contribution in [0.2, 0.25) is 0 Å². The van der Waals surface area contributed by atoms with Crippen LogP contribution >= 0.6 is 0 Å². The average molecular weight is 324 g/mol. The standard InChI is InChI=1S/C19H20N2O3/c1-19(18(22)20-13-14-8-4-3-5-9-14)12-16(21-24-19)15-10-6-7-11-17(15)23-2/h3-11H,12-13H2,1-2H3,(H,20,22)/t19-/m0/s1. The van der Waals surface area contributed by atoms with Gasteiger partial charge in [0.2, 0.25) is 5.60 Å². The Morgan fingerprint density at radius 3 is 2.67 bits per heavy atom. The third kappa shape index (κ3) is 3.25. The quantitative estimate of drug-likeness (QED) is 0.920. The number of rotatable bonds is 5. The van der Waals surface area contributed by atoms with Gasteiger partial charge < -0.3 is 14.9 Å². The maximum Gasteiger partial charge on any atom is 0.267 e. The van der Waals surface area contributed by atoms with Crippen molar-refractivity contribution in [2.45, 2.75) is 25.5 Å². The van der Waals surface area contributed by atoms with Gasteiger partial charge >= 0.3 is 0 Å². The second-order valence-corrected chi connectivity index (χ2v) is 5.91. The number of carbonyl (C=O) groups is 1. The topological polar surface area (TPSA) is 59.9 Å². The number of amides is 1. The summed E-state index contributed by atoms with van der Waals surface area (Å²) in [6.45, 7) is 2.21. The molecule has 0 fully saturated rings. The zero-order valence-electron chi connectivity index (χ0n) is 13.8. The minimum atomic E-state index is -1.01. The van der Waals surface area contributed by atoms with E-state index in [1.165, 1.54) is 0 Å². The zero-order chi connectivity index (χ0) is 17.0. The third-order valence-electron chi connectivity index (χ3n) is 4.06. The second-order valence-electron chi connectivity index (χ2n) is 5.91. The van der Waals surface area contributed by atoms with Gasteiger partial charge in [0.25, 0.3) is 5.91 Å². The number of para-hydroxylation sites is 1. The molecule has 0 bridgehead atoms. The molecule has 1 N–H and O–H groups in total. The lowest BCUT2D eigenvalue weighted by atomic mass is 9.94. The lowest BCUT2D eigenvalue weighted by molar-refractivity contribution is -0.141. The number of nitrogens with zero attached hydrogens (tertiary/aromatic N) is 1. The molecule has 0 aliphatic carbocycles. The number of carbonyl (C=O) groups excluding carboxylic acids is 1. The van der Waals surface area contributed by atoms with Crippen LogP contribution in [-0.4, -0.2) is 24.3 Å². The average Bonchev–Trinajstić information content (AvgIpc) is 3.04. The van der Waals surface area contributed by atoms with Crippen molar-refractivity contribution < 1.29 is 14.4 Å².